The van der Waals surface area contributed by atoms with Crippen LogP contribution in [-0.4, -0.2) is 117 Å². The molecule has 5 atom stereocenters. The van der Waals surface area contributed by atoms with Crippen molar-refractivity contribution in [3.8, 4) is 28.1 Å². The number of phenolic OH excluding ortho intramolecular Hbond substituents is 1. The number of aromatic nitrogens is 2. The number of amides is 3. The summed E-state index contributed by atoms with van der Waals surface area (Å²) < 4.78 is 14.7. The number of cyclic esters (lactones) is 1. The van der Waals surface area contributed by atoms with Gasteiger partial charge in [0.15, 0.2) is 0 Å². The Morgan fingerprint density at radius 1 is 1.03 bits per heavy atom. The second kappa shape index (κ2) is 19.2. The highest BCUT2D eigenvalue weighted by molar-refractivity contribution is 5.95. The number of hydrogen-bond donors (Lipinski definition) is 5. The Morgan fingerprint density at radius 2 is 1.80 bits per heavy atom. The minimum Gasteiger partial charge on any atom is -0.508 e. The molecule has 15 nitrogen and oxygen atoms in total. The Balaban J connectivity index is 1.14. The minimum absolute atomic E-state index is 0.0168. The van der Waals surface area contributed by atoms with E-state index in [2.05, 4.69) is 58.5 Å². The molecule has 3 saturated heterocycles. The summed E-state index contributed by atoms with van der Waals surface area (Å²) in [5.74, 6) is -1.74. The second-order valence-corrected chi connectivity index (χ2v) is 19.5. The Bertz CT molecular complexity index is 2420. The van der Waals surface area contributed by atoms with Crippen LogP contribution in [0.3, 0.4) is 0 Å². The third-order valence-electron chi connectivity index (χ3n) is 13.4. The highest BCUT2D eigenvalue weighted by Crippen LogP contribution is 2.42. The first-order valence-corrected chi connectivity index (χ1v) is 23.4. The van der Waals surface area contributed by atoms with Crippen LogP contribution in [-0.2, 0) is 48.0 Å². The number of aryl methyl sites for hydroxylation is 1. The van der Waals surface area contributed by atoms with Crippen molar-refractivity contribution in [1.29, 1.82) is 0 Å². The summed E-state index contributed by atoms with van der Waals surface area (Å²) in [5, 5.41) is 30.8. The molecule has 5 N–H and O–H groups in total. The number of fused-ring (bicyclic) bond motifs is 6. The van der Waals surface area contributed by atoms with Gasteiger partial charge in [-0.25, -0.2) is 5.43 Å². The quantitative estimate of drug-likeness (QED) is 0.106. The lowest BCUT2D eigenvalue weighted by molar-refractivity contribution is -0.155. The number of pyridine rings is 1. The number of aliphatic hydroxyl groups excluding tert-OH is 1. The summed E-state index contributed by atoms with van der Waals surface area (Å²) in [6.45, 7) is 15.0. The zero-order chi connectivity index (χ0) is 46.2. The van der Waals surface area contributed by atoms with Gasteiger partial charge in [-0.3, -0.25) is 29.2 Å². The minimum atomic E-state index is -1.05. The molecular weight excluding hydrogens is 827 g/mol. The number of piperidine rings is 1. The van der Waals surface area contributed by atoms with E-state index in [0.717, 1.165) is 45.4 Å². The number of benzene rings is 2. The molecule has 65 heavy (non-hydrogen) atoms. The summed E-state index contributed by atoms with van der Waals surface area (Å²) in [6, 6.07) is 13.4. The summed E-state index contributed by atoms with van der Waals surface area (Å²) >= 11 is 0. The number of hydrogen-bond acceptors (Lipinski definition) is 11. The summed E-state index contributed by atoms with van der Waals surface area (Å²) in [4.78, 5) is 61.9. The smallest absolute Gasteiger partial charge is 0.324 e. The van der Waals surface area contributed by atoms with E-state index >= 15 is 0 Å². The van der Waals surface area contributed by atoms with Gasteiger partial charge in [-0.05, 0) is 111 Å². The number of nitrogens with one attached hydrogen (secondary N) is 3. The van der Waals surface area contributed by atoms with Gasteiger partial charge in [0, 0.05) is 67.2 Å². The number of likely N-dealkylation sites (tertiary alicyclic amines) is 1. The number of nitrogens with zero attached hydrogens (tertiary/aromatic N) is 4. The number of carbonyl (C=O) groups excluding carboxylic acids is 4. The van der Waals surface area contributed by atoms with Crippen molar-refractivity contribution in [2.45, 2.75) is 117 Å². The number of ether oxygens (including phenoxy) is 2. The van der Waals surface area contributed by atoms with E-state index in [4.69, 9.17) is 9.47 Å². The summed E-state index contributed by atoms with van der Waals surface area (Å²) in [6.07, 6.45) is 3.73. The monoisotopic (exact) mass is 891 g/mol. The Kier molecular flexibility index (Phi) is 13.7. The predicted molar refractivity (Wildman–Crippen MR) is 246 cm³/mol. The Labute approximate surface area is 381 Å². The van der Waals surface area contributed by atoms with Gasteiger partial charge < -0.3 is 39.8 Å². The fraction of sp³-hybridized carbons (Fsp3) is 0.540. The highest BCUT2D eigenvalue weighted by atomic mass is 16.5. The van der Waals surface area contributed by atoms with E-state index in [1.165, 1.54) is 5.01 Å². The van der Waals surface area contributed by atoms with Gasteiger partial charge in [-0.2, -0.15) is 0 Å². The molecule has 0 saturated carbocycles. The molecule has 348 valence electrons. The van der Waals surface area contributed by atoms with E-state index in [1.54, 1.807) is 25.3 Å². The molecule has 6 heterocycles. The number of aliphatic hydroxyl groups is 1. The molecule has 0 aliphatic carbocycles. The average Bonchev–Trinajstić information content (AvgIpc) is 4.10. The fourth-order valence-corrected chi connectivity index (χ4v) is 9.75. The van der Waals surface area contributed by atoms with Crippen LogP contribution in [0.4, 0.5) is 0 Å². The molecule has 2 aromatic carbocycles. The van der Waals surface area contributed by atoms with Crippen LogP contribution in [0, 0.1) is 17.3 Å². The van der Waals surface area contributed by atoms with E-state index in [9.17, 15) is 29.4 Å². The third kappa shape index (κ3) is 10.2. The number of esters is 1. The fourth-order valence-electron chi connectivity index (χ4n) is 9.75. The molecule has 6 bridgehead atoms. The summed E-state index contributed by atoms with van der Waals surface area (Å²) in [5.41, 5.74) is 9.14. The van der Waals surface area contributed by atoms with Crippen LogP contribution >= 0.6 is 0 Å². The Morgan fingerprint density at radius 3 is 2.51 bits per heavy atom. The van der Waals surface area contributed by atoms with Crippen LogP contribution < -0.4 is 16.1 Å². The van der Waals surface area contributed by atoms with E-state index in [1.807, 2.05) is 43.0 Å². The largest absolute Gasteiger partial charge is 0.508 e. The van der Waals surface area contributed by atoms with Crippen LogP contribution in [0.15, 0.2) is 54.7 Å². The second-order valence-electron chi connectivity index (χ2n) is 19.5. The van der Waals surface area contributed by atoms with E-state index in [0.29, 0.717) is 69.5 Å². The van der Waals surface area contributed by atoms with Gasteiger partial charge in [-0.1, -0.05) is 39.8 Å². The normalized spacial score (nSPS) is 22.6. The molecule has 8 rings (SSSR count). The van der Waals surface area contributed by atoms with Crippen LogP contribution in [0.1, 0.15) is 90.2 Å². The molecule has 4 aliphatic rings. The van der Waals surface area contributed by atoms with E-state index in [-0.39, 0.29) is 55.3 Å². The van der Waals surface area contributed by atoms with Crippen molar-refractivity contribution < 1.29 is 38.9 Å². The molecule has 0 unspecified atom stereocenters. The van der Waals surface area contributed by atoms with Crippen LogP contribution in [0.25, 0.3) is 33.3 Å². The third-order valence-corrected chi connectivity index (χ3v) is 13.4. The lowest BCUT2D eigenvalue weighted by Crippen LogP contribution is -2.61. The molecule has 4 aliphatic heterocycles. The topological polar surface area (TPSA) is 197 Å². The van der Waals surface area contributed by atoms with Crippen molar-refractivity contribution in [2.24, 2.45) is 17.3 Å². The number of phenols is 1. The maximum atomic E-state index is 14.6. The van der Waals surface area contributed by atoms with Crippen molar-refractivity contribution in [3.63, 3.8) is 0 Å². The van der Waals surface area contributed by atoms with Crippen molar-refractivity contribution in [2.75, 3.05) is 39.4 Å². The van der Waals surface area contributed by atoms with Crippen LogP contribution in [0.5, 0.6) is 5.75 Å². The maximum absolute atomic E-state index is 14.6. The van der Waals surface area contributed by atoms with Crippen molar-refractivity contribution >= 4 is 34.6 Å². The first-order valence-electron chi connectivity index (χ1n) is 23.4. The summed E-state index contributed by atoms with van der Waals surface area (Å²) in [7, 11) is 0. The Hall–Kier alpha value is -5.35. The van der Waals surface area contributed by atoms with Gasteiger partial charge in [0.2, 0.25) is 11.8 Å². The number of carbonyl (C=O) groups is 4. The zero-order valence-electron chi connectivity index (χ0n) is 38.6. The molecular formula is C50H65N7O8. The number of hydrazine groups is 1. The van der Waals surface area contributed by atoms with Crippen molar-refractivity contribution in [3.05, 3.63) is 71.5 Å². The van der Waals surface area contributed by atoms with Gasteiger partial charge in [0.25, 0.3) is 5.91 Å². The van der Waals surface area contributed by atoms with Gasteiger partial charge in [0.1, 0.15) is 17.8 Å². The van der Waals surface area contributed by atoms with Gasteiger partial charge in [-0.15, -0.1) is 0 Å². The molecule has 4 aromatic rings. The van der Waals surface area contributed by atoms with E-state index < -0.39 is 41.4 Å². The maximum Gasteiger partial charge on any atom is 0.324 e. The van der Waals surface area contributed by atoms with Crippen LogP contribution in [0.2, 0.25) is 0 Å². The lowest BCUT2D eigenvalue weighted by Gasteiger charge is -2.36. The van der Waals surface area contributed by atoms with Crippen molar-refractivity contribution in [1.82, 2.24) is 35.5 Å². The first kappa shape index (κ1) is 46.2. The molecule has 15 heteroatoms. The predicted octanol–water partition coefficient (Wildman–Crippen LogP) is 5.05. The van der Waals surface area contributed by atoms with Gasteiger partial charge >= 0.3 is 5.97 Å². The average molecular weight is 892 g/mol. The number of rotatable bonds is 10. The van der Waals surface area contributed by atoms with Gasteiger partial charge in [0.05, 0.1) is 48.8 Å². The first-order chi connectivity index (χ1) is 31.1. The lowest BCUT2D eigenvalue weighted by atomic mass is 9.84. The molecule has 0 radical (unpaired) electrons. The molecule has 3 fully saturated rings. The SMILES string of the molecule is CCn1c(-c2cccnc2[C@H](C)O)c2c3cc(ccc31)-c1cc(O)cc(c1)C[C@H](NC(=O)[C@@H](COC1CCN(C(=O)[C@H]3CN3)CC1)C(C)C)C(=O)N1CCC[C@H](N1)C(=O)OCC(C)(C)C2. The molecule has 2 aromatic heterocycles. The highest BCUT2D eigenvalue weighted by Gasteiger charge is 2.38. The molecule has 3 amide bonds. The standard InChI is InChI=1S/C50H65N7O8/c1-7-56-43-13-12-32-24-37(43)38(45(56)36-10-8-16-51-44(36)30(4)58)25-50(5,6)28-65-49(63)40-11-9-17-57(54-40)48(62)41(22-31-20-33(32)23-34(59)21-31)53-46(60)39(29(2)3)27-64-35-14-18-55(19-15-35)47(61)42-26-52-42/h8,10,12-13,16,20-21,23-24,29-30,35,39-42,52,54,58-59H,7,9,11,14-15,17-19,22,25-28H2,1-6H3,(H,53,60)/t30-,39-,40-,41-,42+/m0/s1. The molecule has 0 spiro atoms. The number of aromatic hydroxyl groups is 1. The zero-order valence-corrected chi connectivity index (χ0v) is 38.6.